The van der Waals surface area contributed by atoms with Crippen LogP contribution in [-0.2, 0) is 22.9 Å². The summed E-state index contributed by atoms with van der Waals surface area (Å²) in [5.41, 5.74) is 0. The van der Waals surface area contributed by atoms with Crippen LogP contribution in [0.4, 0.5) is 0 Å². The summed E-state index contributed by atoms with van der Waals surface area (Å²) in [7, 11) is 7.47. The molecule has 0 saturated heterocycles. The van der Waals surface area contributed by atoms with Crippen LogP contribution in [0.5, 0.6) is 0 Å². The fraction of sp³-hybridized carbons (Fsp3) is 0.867. The van der Waals surface area contributed by atoms with Crippen LogP contribution in [0, 0.1) is 0 Å². The first kappa shape index (κ1) is 18.2. The molecule has 3 unspecified atom stereocenters. The maximum Gasteiger partial charge on any atom is 0.150 e. The fourth-order valence-electron chi connectivity index (χ4n) is 3.19. The van der Waals surface area contributed by atoms with Crippen LogP contribution in [0.1, 0.15) is 37.9 Å². The largest absolute Gasteiger partial charge is 0.379 e. The Hall–Kier alpha value is -1.12. The van der Waals surface area contributed by atoms with Crippen molar-refractivity contribution in [3.05, 3.63) is 5.82 Å². The van der Waals surface area contributed by atoms with Gasteiger partial charge in [-0.2, -0.15) is 0 Å². The molecule has 1 saturated carbocycles. The van der Waals surface area contributed by atoms with Gasteiger partial charge in [0.25, 0.3) is 0 Å². The Morgan fingerprint density at radius 3 is 2.65 bits per heavy atom. The predicted octanol–water partition coefficient (Wildman–Crippen LogP) is 1.37. The highest BCUT2D eigenvalue weighted by Crippen LogP contribution is 2.27. The summed E-state index contributed by atoms with van der Waals surface area (Å²) in [4.78, 5) is 3.23. The highest BCUT2D eigenvalue weighted by atomic mass is 32.1. The van der Waals surface area contributed by atoms with Gasteiger partial charge in [0, 0.05) is 40.8 Å². The van der Waals surface area contributed by atoms with Gasteiger partial charge in [-0.25, -0.2) is 4.68 Å². The van der Waals surface area contributed by atoms with Crippen LogP contribution in [0.2, 0.25) is 0 Å². The van der Waals surface area contributed by atoms with Crippen molar-refractivity contribution in [1.82, 2.24) is 25.1 Å². The van der Waals surface area contributed by atoms with Gasteiger partial charge in [0.15, 0.2) is 5.82 Å². The van der Waals surface area contributed by atoms with Crippen molar-refractivity contribution in [1.29, 1.82) is 0 Å². The number of thiocarbonyl (C=S) groups is 1. The van der Waals surface area contributed by atoms with Crippen LogP contribution in [-0.4, -0.2) is 69.6 Å². The van der Waals surface area contributed by atoms with Gasteiger partial charge in [0.2, 0.25) is 0 Å². The lowest BCUT2D eigenvalue weighted by Crippen LogP contribution is -2.46. The van der Waals surface area contributed by atoms with Crippen molar-refractivity contribution in [3.8, 4) is 0 Å². The molecule has 1 heterocycles. The average molecular weight is 341 g/mol. The highest BCUT2D eigenvalue weighted by molar-refractivity contribution is 7.80. The third-order valence-electron chi connectivity index (χ3n) is 4.75. The molecule has 8 heteroatoms. The number of hydrogen-bond acceptors (Lipinski definition) is 6. The maximum atomic E-state index is 5.61. The normalized spacial score (nSPS) is 24.6. The molecule has 1 aromatic rings. The first-order valence-electron chi connectivity index (χ1n) is 8.09. The van der Waals surface area contributed by atoms with Gasteiger partial charge in [0.1, 0.15) is 0 Å². The second-order valence-corrected chi connectivity index (χ2v) is 6.56. The Morgan fingerprint density at radius 1 is 1.30 bits per heavy atom. The standard InChI is InChI=1S/C15H27N5O2S/c1-19(11-8-9-12(21-3)13(10-11)22-4)15(23)7-5-6-14-16-17-18-20(14)2/h11-13H,5-10H2,1-4H3. The Kier molecular flexibility index (Phi) is 6.86. The Labute approximate surface area is 143 Å². The number of aromatic nitrogens is 4. The predicted molar refractivity (Wildman–Crippen MR) is 91.3 cm³/mol. The quantitative estimate of drug-likeness (QED) is 0.694. The molecular formula is C15H27N5O2S. The van der Waals surface area contributed by atoms with Crippen molar-refractivity contribution in [2.75, 3.05) is 21.3 Å². The SMILES string of the molecule is COC1CCC(N(C)C(=S)CCCc2nnnn2C)CC1OC. The van der Waals surface area contributed by atoms with E-state index in [4.69, 9.17) is 21.7 Å². The summed E-state index contributed by atoms with van der Waals surface area (Å²) in [6.07, 6.45) is 6.07. The molecule has 0 radical (unpaired) electrons. The Bertz CT molecular complexity index is 510. The molecule has 0 aromatic carbocycles. The number of methoxy groups -OCH3 is 2. The summed E-state index contributed by atoms with van der Waals surface area (Å²) < 4.78 is 12.8. The number of rotatable bonds is 7. The Morgan fingerprint density at radius 2 is 2.04 bits per heavy atom. The first-order valence-corrected chi connectivity index (χ1v) is 8.50. The van der Waals surface area contributed by atoms with E-state index in [1.165, 1.54) is 0 Å². The molecule has 130 valence electrons. The minimum Gasteiger partial charge on any atom is -0.379 e. The zero-order chi connectivity index (χ0) is 16.8. The van der Waals surface area contributed by atoms with Gasteiger partial charge >= 0.3 is 0 Å². The van der Waals surface area contributed by atoms with E-state index in [0.717, 1.165) is 49.3 Å². The number of nitrogens with zero attached hydrogens (tertiary/aromatic N) is 5. The molecule has 0 N–H and O–H groups in total. The monoisotopic (exact) mass is 341 g/mol. The lowest BCUT2D eigenvalue weighted by atomic mass is 9.89. The van der Waals surface area contributed by atoms with Crippen LogP contribution in [0.25, 0.3) is 0 Å². The summed E-state index contributed by atoms with van der Waals surface area (Å²) in [6, 6.07) is 0.426. The highest BCUT2D eigenvalue weighted by Gasteiger charge is 2.33. The number of tetrazole rings is 1. The molecule has 1 aromatic heterocycles. The number of hydrogen-bond donors (Lipinski definition) is 0. The van der Waals surface area contributed by atoms with Crippen LogP contribution in [0.3, 0.4) is 0 Å². The number of ether oxygens (including phenoxy) is 2. The summed E-state index contributed by atoms with van der Waals surface area (Å²) >= 11 is 5.61. The average Bonchev–Trinajstić information content (AvgIpc) is 2.98. The maximum absolute atomic E-state index is 5.61. The van der Waals surface area contributed by atoms with Crippen molar-refractivity contribution in [2.45, 2.75) is 56.8 Å². The molecule has 7 nitrogen and oxygen atoms in total. The van der Waals surface area contributed by atoms with Gasteiger partial charge in [-0.1, -0.05) is 12.2 Å². The zero-order valence-corrected chi connectivity index (χ0v) is 15.3. The molecule has 3 atom stereocenters. The van der Waals surface area contributed by atoms with E-state index in [9.17, 15) is 0 Å². The van der Waals surface area contributed by atoms with E-state index < -0.39 is 0 Å². The molecule has 2 rings (SSSR count). The van der Waals surface area contributed by atoms with Crippen LogP contribution < -0.4 is 0 Å². The molecule has 1 fully saturated rings. The molecule has 0 bridgehead atoms. The summed E-state index contributed by atoms with van der Waals surface area (Å²) in [6.45, 7) is 0. The molecule has 0 spiro atoms. The third kappa shape index (κ3) is 4.68. The second-order valence-electron chi connectivity index (χ2n) is 6.09. The molecule has 0 amide bonds. The minimum absolute atomic E-state index is 0.147. The minimum atomic E-state index is 0.147. The van der Waals surface area contributed by atoms with Gasteiger partial charge in [-0.3, -0.25) is 0 Å². The van der Waals surface area contributed by atoms with Crippen LogP contribution >= 0.6 is 12.2 Å². The topological polar surface area (TPSA) is 65.3 Å². The second kappa shape index (κ2) is 8.65. The van der Waals surface area contributed by atoms with E-state index in [2.05, 4.69) is 27.5 Å². The molecule has 1 aliphatic carbocycles. The number of aryl methyl sites for hydroxylation is 2. The third-order valence-corrected chi connectivity index (χ3v) is 5.24. The van der Waals surface area contributed by atoms with Crippen molar-refractivity contribution >= 4 is 17.2 Å². The van der Waals surface area contributed by atoms with Gasteiger partial charge in [-0.05, 0) is 42.5 Å². The van der Waals surface area contributed by atoms with Crippen LogP contribution in [0.15, 0.2) is 0 Å². The van der Waals surface area contributed by atoms with Gasteiger partial charge in [-0.15, -0.1) is 5.10 Å². The van der Waals surface area contributed by atoms with Gasteiger partial charge < -0.3 is 14.4 Å². The van der Waals surface area contributed by atoms with Crippen molar-refractivity contribution in [2.24, 2.45) is 7.05 Å². The van der Waals surface area contributed by atoms with E-state index in [1.807, 2.05) is 7.05 Å². The van der Waals surface area contributed by atoms with E-state index in [-0.39, 0.29) is 12.2 Å². The fourth-order valence-corrected chi connectivity index (χ4v) is 3.48. The first-order chi connectivity index (χ1) is 11.1. The summed E-state index contributed by atoms with van der Waals surface area (Å²) in [5.74, 6) is 0.899. The van der Waals surface area contributed by atoms with Crippen molar-refractivity contribution < 1.29 is 9.47 Å². The molecule has 0 aliphatic heterocycles. The molecule has 1 aliphatic rings. The summed E-state index contributed by atoms with van der Waals surface area (Å²) in [5, 5.41) is 11.5. The lowest BCUT2D eigenvalue weighted by Gasteiger charge is -2.39. The molecular weight excluding hydrogens is 314 g/mol. The van der Waals surface area contributed by atoms with E-state index in [0.29, 0.717) is 6.04 Å². The van der Waals surface area contributed by atoms with E-state index >= 15 is 0 Å². The van der Waals surface area contributed by atoms with Gasteiger partial charge in [0.05, 0.1) is 17.2 Å². The smallest absolute Gasteiger partial charge is 0.150 e. The Balaban J connectivity index is 1.79. The molecule has 23 heavy (non-hydrogen) atoms. The van der Waals surface area contributed by atoms with Crippen molar-refractivity contribution in [3.63, 3.8) is 0 Å². The van der Waals surface area contributed by atoms with E-state index in [1.54, 1.807) is 18.9 Å². The zero-order valence-electron chi connectivity index (χ0n) is 14.4. The lowest BCUT2D eigenvalue weighted by molar-refractivity contribution is -0.0703.